The molecule has 4 rings (SSSR count). The van der Waals surface area contributed by atoms with Crippen LogP contribution in [-0.4, -0.2) is 47.9 Å². The van der Waals surface area contributed by atoms with Crippen molar-refractivity contribution in [3.8, 4) is 11.1 Å². The lowest BCUT2D eigenvalue weighted by Gasteiger charge is -2.31. The summed E-state index contributed by atoms with van der Waals surface area (Å²) in [4.78, 5) is 21.7. The largest absolute Gasteiger partial charge is 0.348 e. The maximum atomic E-state index is 13.3. The molecule has 1 fully saturated rings. The molecule has 2 aromatic carbocycles. The maximum Gasteiger partial charge on any atom is 0.229 e. The van der Waals surface area contributed by atoms with Gasteiger partial charge < -0.3 is 4.90 Å². The fourth-order valence-electron chi connectivity index (χ4n) is 4.59. The molecule has 1 amide bonds. The molecule has 1 aliphatic heterocycles. The van der Waals surface area contributed by atoms with Gasteiger partial charge in [0.15, 0.2) is 0 Å². The molecule has 0 saturated carbocycles. The summed E-state index contributed by atoms with van der Waals surface area (Å²) in [5.74, 6) is 0.227. The summed E-state index contributed by atoms with van der Waals surface area (Å²) in [5, 5.41) is 0. The van der Waals surface area contributed by atoms with Gasteiger partial charge in [0.2, 0.25) is 5.91 Å². The summed E-state index contributed by atoms with van der Waals surface area (Å²) in [6.45, 7) is 2.62. The van der Waals surface area contributed by atoms with Crippen molar-refractivity contribution in [1.82, 2.24) is 14.8 Å². The monoisotopic (exact) mass is 399 g/mol. The first-order valence-corrected chi connectivity index (χ1v) is 10.5. The van der Waals surface area contributed by atoms with E-state index in [1.165, 1.54) is 11.1 Å². The number of hydrogen-bond acceptors (Lipinski definition) is 3. The minimum absolute atomic E-state index is 0.227. The molecule has 0 bridgehead atoms. The molecule has 2 heterocycles. The predicted octanol–water partition coefficient (Wildman–Crippen LogP) is 4.27. The maximum absolute atomic E-state index is 13.3. The van der Waals surface area contributed by atoms with Gasteiger partial charge in [-0.2, -0.15) is 0 Å². The molecular formula is C26H29N3O. The summed E-state index contributed by atoms with van der Waals surface area (Å²) in [7, 11) is 3.74. The highest BCUT2D eigenvalue weighted by molar-refractivity contribution is 5.83. The highest BCUT2D eigenvalue weighted by Crippen LogP contribution is 2.37. The van der Waals surface area contributed by atoms with Gasteiger partial charge in [-0.25, -0.2) is 0 Å². The number of carbonyl (C=O) groups is 1. The minimum Gasteiger partial charge on any atom is -0.348 e. The first-order valence-electron chi connectivity index (χ1n) is 10.5. The van der Waals surface area contributed by atoms with E-state index in [1.807, 2.05) is 32.4 Å². The van der Waals surface area contributed by atoms with Crippen LogP contribution < -0.4 is 0 Å². The van der Waals surface area contributed by atoms with Gasteiger partial charge in [0.05, 0.1) is 5.41 Å². The van der Waals surface area contributed by atoms with Gasteiger partial charge in [-0.05, 0) is 47.7 Å². The third kappa shape index (κ3) is 4.44. The summed E-state index contributed by atoms with van der Waals surface area (Å²) in [6.07, 6.45) is 5.31. The molecule has 1 saturated heterocycles. The number of pyridine rings is 1. The van der Waals surface area contributed by atoms with Crippen LogP contribution >= 0.6 is 0 Å². The van der Waals surface area contributed by atoms with Crippen molar-refractivity contribution in [2.24, 2.45) is 5.41 Å². The third-order valence-corrected chi connectivity index (χ3v) is 6.01. The Kier molecular flexibility index (Phi) is 5.96. The fraction of sp³-hybridized carbons (Fsp3) is 0.308. The van der Waals surface area contributed by atoms with Crippen LogP contribution in [-0.2, 0) is 17.8 Å². The standard InChI is InChI=1S/C26H29N3O/c1-28(2)25(30)26(13-15-29(20-26)19-21-8-4-3-5-9-21)17-22-10-6-11-23(16-22)24-12-7-14-27-18-24/h3-12,14,16,18H,13,15,17,19-20H2,1-2H3. The highest BCUT2D eigenvalue weighted by Gasteiger charge is 2.45. The van der Waals surface area contributed by atoms with Crippen LogP contribution in [0.15, 0.2) is 79.1 Å². The van der Waals surface area contributed by atoms with E-state index in [2.05, 4.69) is 64.5 Å². The molecule has 1 aliphatic rings. The van der Waals surface area contributed by atoms with Crippen LogP contribution in [0.4, 0.5) is 0 Å². The second-order valence-corrected chi connectivity index (χ2v) is 8.55. The molecule has 30 heavy (non-hydrogen) atoms. The third-order valence-electron chi connectivity index (χ3n) is 6.01. The zero-order chi connectivity index (χ0) is 21.0. The first kappa shape index (κ1) is 20.3. The summed E-state index contributed by atoms with van der Waals surface area (Å²) < 4.78 is 0. The van der Waals surface area contributed by atoms with Crippen molar-refractivity contribution in [2.75, 3.05) is 27.2 Å². The van der Waals surface area contributed by atoms with Crippen molar-refractivity contribution in [3.63, 3.8) is 0 Å². The van der Waals surface area contributed by atoms with Crippen molar-refractivity contribution in [3.05, 3.63) is 90.3 Å². The molecule has 0 aliphatic carbocycles. The second kappa shape index (κ2) is 8.80. The van der Waals surface area contributed by atoms with Crippen LogP contribution in [0.2, 0.25) is 0 Å². The van der Waals surface area contributed by atoms with E-state index in [0.29, 0.717) is 0 Å². The van der Waals surface area contributed by atoms with Gasteiger partial charge in [-0.15, -0.1) is 0 Å². The Bertz CT molecular complexity index is 987. The van der Waals surface area contributed by atoms with E-state index in [-0.39, 0.29) is 11.3 Å². The number of likely N-dealkylation sites (tertiary alicyclic amines) is 1. The predicted molar refractivity (Wildman–Crippen MR) is 121 cm³/mol. The van der Waals surface area contributed by atoms with Gasteiger partial charge >= 0.3 is 0 Å². The van der Waals surface area contributed by atoms with Gasteiger partial charge in [0.1, 0.15) is 0 Å². The molecule has 0 radical (unpaired) electrons. The van der Waals surface area contributed by atoms with Crippen molar-refractivity contribution in [2.45, 2.75) is 19.4 Å². The first-order chi connectivity index (χ1) is 14.6. The van der Waals surface area contributed by atoms with Crippen LogP contribution in [0.5, 0.6) is 0 Å². The van der Waals surface area contributed by atoms with E-state index in [1.54, 1.807) is 11.1 Å². The average Bonchev–Trinajstić information content (AvgIpc) is 3.18. The van der Waals surface area contributed by atoms with Gasteiger partial charge in [0.25, 0.3) is 0 Å². The van der Waals surface area contributed by atoms with Crippen molar-refractivity contribution < 1.29 is 4.79 Å². The molecule has 4 nitrogen and oxygen atoms in total. The van der Waals surface area contributed by atoms with Gasteiger partial charge in [-0.1, -0.05) is 60.7 Å². The van der Waals surface area contributed by atoms with Crippen LogP contribution in [0.25, 0.3) is 11.1 Å². The Balaban J connectivity index is 1.57. The van der Waals surface area contributed by atoms with E-state index in [9.17, 15) is 4.79 Å². The van der Waals surface area contributed by atoms with Crippen LogP contribution in [0.1, 0.15) is 17.5 Å². The van der Waals surface area contributed by atoms with E-state index >= 15 is 0 Å². The Morgan fingerprint density at radius 2 is 1.77 bits per heavy atom. The molecule has 1 aromatic heterocycles. The topological polar surface area (TPSA) is 36.4 Å². The minimum atomic E-state index is -0.383. The molecule has 1 unspecified atom stereocenters. The summed E-state index contributed by atoms with van der Waals surface area (Å²) in [5.41, 5.74) is 4.36. The normalized spacial score (nSPS) is 19.0. The number of rotatable bonds is 6. The number of nitrogens with zero attached hydrogens (tertiary/aromatic N) is 3. The number of aromatic nitrogens is 1. The number of amides is 1. The molecule has 3 aromatic rings. The lowest BCUT2D eigenvalue weighted by molar-refractivity contribution is -0.138. The Morgan fingerprint density at radius 3 is 2.50 bits per heavy atom. The Hall–Kier alpha value is -2.98. The molecular weight excluding hydrogens is 370 g/mol. The van der Waals surface area contributed by atoms with Gasteiger partial charge in [-0.3, -0.25) is 14.7 Å². The quantitative estimate of drug-likeness (QED) is 0.621. The molecule has 0 N–H and O–H groups in total. The number of benzene rings is 2. The van der Waals surface area contributed by atoms with Crippen molar-refractivity contribution >= 4 is 5.91 Å². The van der Waals surface area contributed by atoms with Crippen LogP contribution in [0.3, 0.4) is 0 Å². The van der Waals surface area contributed by atoms with Gasteiger partial charge in [0, 0.05) is 39.6 Å². The molecule has 4 heteroatoms. The van der Waals surface area contributed by atoms with E-state index in [4.69, 9.17) is 0 Å². The number of hydrogen-bond donors (Lipinski definition) is 0. The molecule has 0 spiro atoms. The molecule has 154 valence electrons. The van der Waals surface area contributed by atoms with E-state index < -0.39 is 0 Å². The second-order valence-electron chi connectivity index (χ2n) is 8.55. The lowest BCUT2D eigenvalue weighted by atomic mass is 9.79. The highest BCUT2D eigenvalue weighted by atomic mass is 16.2. The summed E-state index contributed by atoms with van der Waals surface area (Å²) >= 11 is 0. The van der Waals surface area contributed by atoms with E-state index in [0.717, 1.165) is 43.6 Å². The van der Waals surface area contributed by atoms with Crippen molar-refractivity contribution in [1.29, 1.82) is 0 Å². The smallest absolute Gasteiger partial charge is 0.229 e. The average molecular weight is 400 g/mol. The zero-order valence-electron chi connectivity index (χ0n) is 17.8. The zero-order valence-corrected chi connectivity index (χ0v) is 17.8. The summed E-state index contributed by atoms with van der Waals surface area (Å²) in [6, 6.07) is 23.1. The SMILES string of the molecule is CN(C)C(=O)C1(Cc2cccc(-c3cccnc3)c2)CCN(Cc2ccccc2)C1. The Labute approximate surface area is 179 Å². The molecule has 1 atom stereocenters. The lowest BCUT2D eigenvalue weighted by Crippen LogP contribution is -2.43. The number of carbonyl (C=O) groups excluding carboxylic acids is 1. The Morgan fingerprint density at radius 1 is 1.00 bits per heavy atom. The fourth-order valence-corrected chi connectivity index (χ4v) is 4.59. The van der Waals surface area contributed by atoms with Crippen LogP contribution in [0, 0.1) is 5.41 Å².